The van der Waals surface area contributed by atoms with E-state index in [9.17, 15) is 4.79 Å². The van der Waals surface area contributed by atoms with Gasteiger partial charge in [0, 0.05) is 24.8 Å². The van der Waals surface area contributed by atoms with Crippen molar-refractivity contribution in [3.8, 4) is 5.75 Å². The van der Waals surface area contributed by atoms with Gasteiger partial charge in [-0.2, -0.15) is 0 Å². The van der Waals surface area contributed by atoms with Gasteiger partial charge in [-0.05, 0) is 56.6 Å². The number of carbonyl (C=O) groups excluding carboxylic acids is 1. The maximum Gasteiger partial charge on any atom is 0.241 e. The first-order valence-electron chi connectivity index (χ1n) is 8.99. The number of ether oxygens (including phenoxy) is 1. The third-order valence-electron chi connectivity index (χ3n) is 4.89. The molecule has 1 saturated heterocycles. The Labute approximate surface area is 139 Å². The molecule has 1 amide bonds. The Balaban J connectivity index is 1.50. The molecule has 1 saturated carbocycles. The molecule has 1 heterocycles. The van der Waals surface area contributed by atoms with Crippen LogP contribution in [0.15, 0.2) is 24.3 Å². The molecule has 126 valence electrons. The fourth-order valence-electron chi connectivity index (χ4n) is 3.58. The number of amides is 1. The Bertz CT molecular complexity index is 526. The first-order valence-corrected chi connectivity index (χ1v) is 8.99. The first-order chi connectivity index (χ1) is 11.2. The van der Waals surface area contributed by atoms with E-state index in [1.54, 1.807) is 0 Å². The van der Waals surface area contributed by atoms with E-state index in [-0.39, 0.29) is 5.91 Å². The maximum atomic E-state index is 12.3. The number of nitrogens with one attached hydrogen (secondary N) is 1. The molecular formula is C19H28N2O2. The predicted octanol–water partition coefficient (Wildman–Crippen LogP) is 3.68. The zero-order valence-corrected chi connectivity index (χ0v) is 14.1. The summed E-state index contributed by atoms with van der Waals surface area (Å²) in [6.07, 6.45) is 7.57. The molecule has 1 aromatic carbocycles. The number of likely N-dealkylation sites (tertiary alicyclic amines) is 1. The van der Waals surface area contributed by atoms with Gasteiger partial charge in [-0.25, -0.2) is 0 Å². The summed E-state index contributed by atoms with van der Waals surface area (Å²) < 4.78 is 6.02. The SMILES string of the molecule is CC1CCCN(C(=O)CNc2cccc(OC3CCCC3)c2)C1. The van der Waals surface area contributed by atoms with Crippen LogP contribution in [0.4, 0.5) is 5.69 Å². The van der Waals surface area contributed by atoms with Crippen LogP contribution < -0.4 is 10.1 Å². The number of carbonyl (C=O) groups is 1. The summed E-state index contributed by atoms with van der Waals surface area (Å²) in [5.74, 6) is 1.72. The summed E-state index contributed by atoms with van der Waals surface area (Å²) in [7, 11) is 0. The van der Waals surface area contributed by atoms with Crippen LogP contribution in [0.25, 0.3) is 0 Å². The molecule has 2 fully saturated rings. The van der Waals surface area contributed by atoms with Crippen molar-refractivity contribution in [2.75, 3.05) is 25.0 Å². The highest BCUT2D eigenvalue weighted by molar-refractivity contribution is 5.81. The topological polar surface area (TPSA) is 41.6 Å². The molecule has 0 bridgehead atoms. The zero-order valence-electron chi connectivity index (χ0n) is 14.1. The minimum Gasteiger partial charge on any atom is -0.490 e. The molecule has 1 aliphatic carbocycles. The van der Waals surface area contributed by atoms with E-state index >= 15 is 0 Å². The van der Waals surface area contributed by atoms with Crippen LogP contribution in [0, 0.1) is 5.92 Å². The molecule has 1 aliphatic heterocycles. The van der Waals surface area contributed by atoms with E-state index in [1.807, 2.05) is 29.2 Å². The summed E-state index contributed by atoms with van der Waals surface area (Å²) in [5, 5.41) is 3.25. The molecule has 1 N–H and O–H groups in total. The lowest BCUT2D eigenvalue weighted by Crippen LogP contribution is -2.41. The molecule has 3 rings (SSSR count). The van der Waals surface area contributed by atoms with E-state index in [1.165, 1.54) is 19.3 Å². The van der Waals surface area contributed by atoms with Crippen molar-refractivity contribution in [1.82, 2.24) is 4.90 Å². The number of benzene rings is 1. The Morgan fingerprint density at radius 1 is 1.26 bits per heavy atom. The smallest absolute Gasteiger partial charge is 0.241 e. The second kappa shape index (κ2) is 7.71. The van der Waals surface area contributed by atoms with E-state index in [4.69, 9.17) is 4.74 Å². The van der Waals surface area contributed by atoms with Crippen molar-refractivity contribution in [2.45, 2.75) is 51.6 Å². The quantitative estimate of drug-likeness (QED) is 0.901. The summed E-state index contributed by atoms with van der Waals surface area (Å²) >= 11 is 0. The number of hydrogen-bond donors (Lipinski definition) is 1. The van der Waals surface area contributed by atoms with E-state index in [2.05, 4.69) is 12.2 Å². The number of piperidine rings is 1. The van der Waals surface area contributed by atoms with Crippen molar-refractivity contribution in [3.63, 3.8) is 0 Å². The summed E-state index contributed by atoms with van der Waals surface area (Å²) in [4.78, 5) is 14.3. The lowest BCUT2D eigenvalue weighted by atomic mass is 10.0. The highest BCUT2D eigenvalue weighted by Gasteiger charge is 2.20. The second-order valence-electron chi connectivity index (χ2n) is 6.99. The monoisotopic (exact) mass is 316 g/mol. The van der Waals surface area contributed by atoms with Gasteiger partial charge in [0.15, 0.2) is 0 Å². The van der Waals surface area contributed by atoms with Gasteiger partial charge in [0.05, 0.1) is 12.6 Å². The highest BCUT2D eigenvalue weighted by Crippen LogP contribution is 2.25. The van der Waals surface area contributed by atoms with Crippen molar-refractivity contribution < 1.29 is 9.53 Å². The van der Waals surface area contributed by atoms with Crippen molar-refractivity contribution >= 4 is 11.6 Å². The molecule has 0 spiro atoms. The largest absolute Gasteiger partial charge is 0.490 e. The van der Waals surface area contributed by atoms with Crippen LogP contribution in [0.3, 0.4) is 0 Å². The fraction of sp³-hybridized carbons (Fsp3) is 0.632. The molecule has 0 radical (unpaired) electrons. The average Bonchev–Trinajstić information content (AvgIpc) is 3.06. The molecule has 1 unspecified atom stereocenters. The van der Waals surface area contributed by atoms with Crippen molar-refractivity contribution in [3.05, 3.63) is 24.3 Å². The Morgan fingerprint density at radius 3 is 2.87 bits per heavy atom. The highest BCUT2D eigenvalue weighted by atomic mass is 16.5. The minimum absolute atomic E-state index is 0.193. The number of nitrogens with zero attached hydrogens (tertiary/aromatic N) is 1. The molecule has 1 atom stereocenters. The van der Waals surface area contributed by atoms with Gasteiger partial charge in [-0.1, -0.05) is 13.0 Å². The van der Waals surface area contributed by atoms with Gasteiger partial charge in [0.1, 0.15) is 5.75 Å². The van der Waals surface area contributed by atoms with Gasteiger partial charge in [0.25, 0.3) is 0 Å². The number of rotatable bonds is 5. The fourth-order valence-corrected chi connectivity index (χ4v) is 3.58. The summed E-state index contributed by atoms with van der Waals surface area (Å²) in [6, 6.07) is 7.98. The number of hydrogen-bond acceptors (Lipinski definition) is 3. The van der Waals surface area contributed by atoms with Gasteiger partial charge < -0.3 is 15.0 Å². The van der Waals surface area contributed by atoms with Crippen LogP contribution in [-0.2, 0) is 4.79 Å². The predicted molar refractivity (Wildman–Crippen MR) is 92.8 cm³/mol. The third kappa shape index (κ3) is 4.63. The van der Waals surface area contributed by atoms with E-state index in [0.717, 1.165) is 43.8 Å². The van der Waals surface area contributed by atoms with Gasteiger partial charge in [-0.3, -0.25) is 4.79 Å². The second-order valence-corrected chi connectivity index (χ2v) is 6.99. The van der Waals surface area contributed by atoms with E-state index < -0.39 is 0 Å². The average molecular weight is 316 g/mol. The Morgan fingerprint density at radius 2 is 2.09 bits per heavy atom. The third-order valence-corrected chi connectivity index (χ3v) is 4.89. The van der Waals surface area contributed by atoms with E-state index in [0.29, 0.717) is 18.6 Å². The van der Waals surface area contributed by atoms with Crippen LogP contribution in [0.5, 0.6) is 5.75 Å². The lowest BCUT2D eigenvalue weighted by Gasteiger charge is -2.31. The zero-order chi connectivity index (χ0) is 16.1. The molecule has 0 aromatic heterocycles. The molecule has 1 aromatic rings. The van der Waals surface area contributed by atoms with Crippen LogP contribution in [-0.4, -0.2) is 36.5 Å². The van der Waals surface area contributed by atoms with Crippen molar-refractivity contribution in [2.24, 2.45) is 5.92 Å². The standard InChI is InChI=1S/C19H28N2O2/c1-15-6-5-11-21(14-15)19(22)13-20-16-7-4-10-18(12-16)23-17-8-2-3-9-17/h4,7,10,12,15,17,20H,2-3,5-6,8-9,11,13-14H2,1H3. The van der Waals surface area contributed by atoms with Crippen LogP contribution in [0.1, 0.15) is 45.4 Å². The minimum atomic E-state index is 0.193. The molecule has 23 heavy (non-hydrogen) atoms. The van der Waals surface area contributed by atoms with Gasteiger partial charge in [0.2, 0.25) is 5.91 Å². The molecule has 2 aliphatic rings. The van der Waals surface area contributed by atoms with Gasteiger partial charge in [-0.15, -0.1) is 0 Å². The van der Waals surface area contributed by atoms with Crippen LogP contribution in [0.2, 0.25) is 0 Å². The van der Waals surface area contributed by atoms with Crippen molar-refractivity contribution in [1.29, 1.82) is 0 Å². The maximum absolute atomic E-state index is 12.3. The Hall–Kier alpha value is -1.71. The summed E-state index contributed by atoms with van der Waals surface area (Å²) in [6.45, 7) is 4.37. The molecule has 4 heteroatoms. The van der Waals surface area contributed by atoms with Gasteiger partial charge >= 0.3 is 0 Å². The molecular weight excluding hydrogens is 288 g/mol. The normalized spacial score (nSPS) is 22.1. The molecule has 4 nitrogen and oxygen atoms in total. The number of anilines is 1. The first kappa shape index (κ1) is 16.2. The van der Waals surface area contributed by atoms with Crippen LogP contribution >= 0.6 is 0 Å². The Kier molecular flexibility index (Phi) is 5.42. The lowest BCUT2D eigenvalue weighted by molar-refractivity contribution is -0.130. The summed E-state index contributed by atoms with van der Waals surface area (Å²) in [5.41, 5.74) is 0.957.